The molecule has 0 spiro atoms. The average Bonchev–Trinajstić information content (AvgIpc) is 3.23. The Morgan fingerprint density at radius 2 is 2.03 bits per heavy atom. The van der Waals surface area contributed by atoms with E-state index in [0.29, 0.717) is 22.7 Å². The number of aromatic nitrogens is 5. The van der Waals surface area contributed by atoms with Crippen LogP contribution in [0.1, 0.15) is 44.1 Å². The number of ether oxygens (including phenoxy) is 2. The van der Waals surface area contributed by atoms with Crippen LogP contribution in [0.15, 0.2) is 18.5 Å². The third kappa shape index (κ3) is 4.39. The largest absolute Gasteiger partial charge is 0.493 e. The molecule has 0 aliphatic carbocycles. The summed E-state index contributed by atoms with van der Waals surface area (Å²) in [4.78, 5) is 15.2. The van der Waals surface area contributed by atoms with Gasteiger partial charge in [-0.25, -0.2) is 14.5 Å². The molecule has 1 saturated heterocycles. The first-order chi connectivity index (χ1) is 15.5. The lowest BCUT2D eigenvalue weighted by atomic mass is 10.1. The summed E-state index contributed by atoms with van der Waals surface area (Å²) in [6, 6.07) is 1.94. The fourth-order valence-electron chi connectivity index (χ4n) is 3.82. The molecule has 0 radical (unpaired) electrons. The van der Waals surface area contributed by atoms with Gasteiger partial charge in [0.1, 0.15) is 6.10 Å². The maximum atomic E-state index is 11.1. The minimum atomic E-state index is -1.04. The third-order valence-corrected chi connectivity index (χ3v) is 5.48. The Labute approximate surface area is 186 Å². The molecule has 1 aliphatic heterocycles. The van der Waals surface area contributed by atoms with Gasteiger partial charge in [0.05, 0.1) is 25.1 Å². The van der Waals surface area contributed by atoms with E-state index in [1.165, 1.54) is 10.7 Å². The van der Waals surface area contributed by atoms with Gasteiger partial charge in [0, 0.05) is 37.9 Å². The van der Waals surface area contributed by atoms with E-state index in [1.807, 2.05) is 6.92 Å². The number of piperazine rings is 1. The SMILES string of the molecule is CCC[C@H](C)Oc1nc(N)c2ncc(C(O)c3cnc(N4CCNCC4)c(OC)c3)n2n1. The molecular formula is C21H30N8O3. The topological polar surface area (TPSA) is 136 Å². The van der Waals surface area contributed by atoms with Crippen molar-refractivity contribution in [2.24, 2.45) is 0 Å². The summed E-state index contributed by atoms with van der Waals surface area (Å²) in [6.45, 7) is 7.49. The van der Waals surface area contributed by atoms with Crippen LogP contribution in [0.25, 0.3) is 5.65 Å². The number of aliphatic hydroxyl groups is 1. The molecule has 3 aromatic heterocycles. The Bertz CT molecular complexity index is 1070. The quantitative estimate of drug-likeness (QED) is 0.466. The second-order valence-electron chi connectivity index (χ2n) is 7.85. The van der Waals surface area contributed by atoms with Crippen molar-refractivity contribution in [3.63, 3.8) is 0 Å². The van der Waals surface area contributed by atoms with E-state index < -0.39 is 6.10 Å². The molecule has 4 N–H and O–H groups in total. The zero-order valence-electron chi connectivity index (χ0n) is 18.7. The Morgan fingerprint density at radius 1 is 1.25 bits per heavy atom. The van der Waals surface area contributed by atoms with Crippen molar-refractivity contribution in [3.8, 4) is 11.8 Å². The molecule has 11 nitrogen and oxygen atoms in total. The summed E-state index contributed by atoms with van der Waals surface area (Å²) < 4.78 is 12.8. The van der Waals surface area contributed by atoms with Crippen molar-refractivity contribution in [2.45, 2.75) is 38.9 Å². The predicted octanol–water partition coefficient (Wildman–Crippen LogP) is 1.17. The van der Waals surface area contributed by atoms with Crippen LogP contribution in [-0.2, 0) is 0 Å². The van der Waals surface area contributed by atoms with E-state index in [-0.39, 0.29) is 17.9 Å². The molecule has 11 heteroatoms. The van der Waals surface area contributed by atoms with Gasteiger partial charge in [-0.3, -0.25) is 0 Å². The minimum absolute atomic E-state index is 0.0558. The smallest absolute Gasteiger partial charge is 0.336 e. The number of nitrogens with two attached hydrogens (primary N) is 1. The number of anilines is 2. The number of methoxy groups -OCH3 is 1. The number of nitrogens with one attached hydrogen (secondary N) is 1. The molecule has 3 aromatic rings. The average molecular weight is 443 g/mol. The van der Waals surface area contributed by atoms with Crippen LogP contribution < -0.4 is 25.4 Å². The lowest BCUT2D eigenvalue weighted by Crippen LogP contribution is -2.44. The van der Waals surface area contributed by atoms with Gasteiger partial charge in [-0.2, -0.15) is 4.98 Å². The normalized spacial score (nSPS) is 16.2. The van der Waals surface area contributed by atoms with Gasteiger partial charge in [0.2, 0.25) is 0 Å². The number of nitrogen functional groups attached to an aromatic ring is 1. The fourth-order valence-corrected chi connectivity index (χ4v) is 3.82. The Hall–Kier alpha value is -3.18. The maximum Gasteiger partial charge on any atom is 0.336 e. The Kier molecular flexibility index (Phi) is 6.56. The maximum absolute atomic E-state index is 11.1. The highest BCUT2D eigenvalue weighted by Gasteiger charge is 2.23. The number of aliphatic hydroxyl groups excluding tert-OH is 1. The van der Waals surface area contributed by atoms with Gasteiger partial charge < -0.3 is 30.5 Å². The first-order valence-electron chi connectivity index (χ1n) is 10.9. The number of imidazole rings is 1. The summed E-state index contributed by atoms with van der Waals surface area (Å²) in [6.07, 6.45) is 3.92. The number of nitrogens with zero attached hydrogens (tertiary/aromatic N) is 6. The van der Waals surface area contributed by atoms with Gasteiger partial charge in [0.25, 0.3) is 0 Å². The van der Waals surface area contributed by atoms with E-state index in [4.69, 9.17) is 15.2 Å². The Balaban J connectivity index is 1.65. The van der Waals surface area contributed by atoms with Crippen LogP contribution in [0.5, 0.6) is 11.8 Å². The molecule has 1 fully saturated rings. The molecule has 4 rings (SSSR count). The molecule has 172 valence electrons. The van der Waals surface area contributed by atoms with Crippen LogP contribution in [0.2, 0.25) is 0 Å². The van der Waals surface area contributed by atoms with Gasteiger partial charge in [-0.05, 0) is 19.4 Å². The summed E-state index contributed by atoms with van der Waals surface area (Å²) >= 11 is 0. The van der Waals surface area contributed by atoms with E-state index in [2.05, 4.69) is 37.2 Å². The van der Waals surface area contributed by atoms with Gasteiger partial charge in [0.15, 0.2) is 23.0 Å². The molecule has 1 aliphatic rings. The molecule has 0 bridgehead atoms. The van der Waals surface area contributed by atoms with Crippen LogP contribution in [0.4, 0.5) is 11.6 Å². The second kappa shape index (κ2) is 9.53. The minimum Gasteiger partial charge on any atom is -0.493 e. The van der Waals surface area contributed by atoms with E-state index in [0.717, 1.165) is 44.8 Å². The number of rotatable bonds is 8. The fraction of sp³-hybridized carbons (Fsp3) is 0.524. The van der Waals surface area contributed by atoms with E-state index in [1.54, 1.807) is 19.4 Å². The number of hydrogen-bond donors (Lipinski definition) is 3. The number of fused-ring (bicyclic) bond motifs is 1. The van der Waals surface area contributed by atoms with E-state index >= 15 is 0 Å². The molecule has 0 saturated carbocycles. The number of hydrogen-bond acceptors (Lipinski definition) is 10. The molecular weight excluding hydrogens is 412 g/mol. The van der Waals surface area contributed by atoms with Gasteiger partial charge in [-0.1, -0.05) is 13.3 Å². The molecule has 1 unspecified atom stereocenters. The van der Waals surface area contributed by atoms with Crippen molar-refractivity contribution in [3.05, 3.63) is 29.7 Å². The van der Waals surface area contributed by atoms with Crippen molar-refractivity contribution in [2.75, 3.05) is 43.9 Å². The molecule has 0 aromatic carbocycles. The van der Waals surface area contributed by atoms with Crippen molar-refractivity contribution < 1.29 is 14.6 Å². The van der Waals surface area contributed by atoms with Gasteiger partial charge in [-0.15, -0.1) is 5.10 Å². The Morgan fingerprint density at radius 3 is 2.75 bits per heavy atom. The standard InChI is InChI=1S/C21H30N8O3/c1-4-5-13(2)32-21-26-18(22)20-25-12-15(29(20)27-21)17(30)14-10-16(31-3)19(24-11-14)28-8-6-23-7-9-28/h10-13,17,23,30H,4-9H2,1-3H3,(H2,22,26,27)/t13-,17?/m0/s1. The summed E-state index contributed by atoms with van der Waals surface area (Å²) in [5.74, 6) is 1.54. The molecule has 0 amide bonds. The molecule has 4 heterocycles. The lowest BCUT2D eigenvalue weighted by Gasteiger charge is -2.29. The van der Waals surface area contributed by atoms with Crippen LogP contribution in [0.3, 0.4) is 0 Å². The lowest BCUT2D eigenvalue weighted by molar-refractivity contribution is 0.187. The monoisotopic (exact) mass is 442 g/mol. The molecule has 2 atom stereocenters. The van der Waals surface area contributed by atoms with E-state index in [9.17, 15) is 5.11 Å². The second-order valence-corrected chi connectivity index (χ2v) is 7.85. The van der Waals surface area contributed by atoms with Gasteiger partial charge >= 0.3 is 6.01 Å². The molecule has 32 heavy (non-hydrogen) atoms. The van der Waals surface area contributed by atoms with Crippen molar-refractivity contribution >= 4 is 17.3 Å². The number of pyridine rings is 1. The third-order valence-electron chi connectivity index (χ3n) is 5.48. The summed E-state index contributed by atoms with van der Waals surface area (Å²) in [5.41, 5.74) is 7.41. The predicted molar refractivity (Wildman–Crippen MR) is 120 cm³/mol. The van der Waals surface area contributed by atoms with Crippen LogP contribution in [0, 0.1) is 0 Å². The summed E-state index contributed by atoms with van der Waals surface area (Å²) in [5, 5.41) is 18.9. The zero-order chi connectivity index (χ0) is 22.7. The highest BCUT2D eigenvalue weighted by atomic mass is 16.5. The first kappa shape index (κ1) is 22.0. The first-order valence-corrected chi connectivity index (χ1v) is 10.9. The van der Waals surface area contributed by atoms with Crippen molar-refractivity contribution in [1.82, 2.24) is 29.9 Å². The van der Waals surface area contributed by atoms with Crippen LogP contribution in [-0.4, -0.2) is 69.1 Å². The van der Waals surface area contributed by atoms with Crippen molar-refractivity contribution in [1.29, 1.82) is 0 Å². The van der Waals surface area contributed by atoms with Crippen LogP contribution >= 0.6 is 0 Å². The highest BCUT2D eigenvalue weighted by molar-refractivity contribution is 5.60. The highest BCUT2D eigenvalue weighted by Crippen LogP contribution is 2.31. The zero-order valence-corrected chi connectivity index (χ0v) is 18.7. The summed E-state index contributed by atoms with van der Waals surface area (Å²) in [7, 11) is 1.60.